The Balaban J connectivity index is 0.00000200. The molecule has 1 fully saturated rings. The summed E-state index contributed by atoms with van der Waals surface area (Å²) in [6.07, 6.45) is 3.62. The molecule has 1 saturated heterocycles. The molecular formula is C16H27ClN2O. The van der Waals surface area contributed by atoms with Gasteiger partial charge in [-0.1, -0.05) is 13.0 Å². The van der Waals surface area contributed by atoms with E-state index in [9.17, 15) is 0 Å². The molecule has 0 saturated carbocycles. The minimum Gasteiger partial charge on any atom is -0.497 e. The number of benzene rings is 1. The molecule has 0 radical (unpaired) electrons. The van der Waals surface area contributed by atoms with Gasteiger partial charge in [0.1, 0.15) is 5.75 Å². The fourth-order valence-electron chi connectivity index (χ4n) is 2.94. The lowest BCUT2D eigenvalue weighted by molar-refractivity contribution is 0.170. The van der Waals surface area contributed by atoms with E-state index in [4.69, 9.17) is 10.5 Å². The van der Waals surface area contributed by atoms with Gasteiger partial charge in [0.15, 0.2) is 0 Å². The van der Waals surface area contributed by atoms with Crippen molar-refractivity contribution in [2.45, 2.75) is 32.7 Å². The quantitative estimate of drug-likeness (QED) is 0.908. The van der Waals surface area contributed by atoms with Gasteiger partial charge >= 0.3 is 0 Å². The Morgan fingerprint density at radius 1 is 1.35 bits per heavy atom. The third-order valence-corrected chi connectivity index (χ3v) is 4.12. The third-order valence-electron chi connectivity index (χ3n) is 4.12. The number of methoxy groups -OCH3 is 1. The summed E-state index contributed by atoms with van der Waals surface area (Å²) in [5.41, 5.74) is 8.64. The summed E-state index contributed by atoms with van der Waals surface area (Å²) in [5, 5.41) is 0. The van der Waals surface area contributed by atoms with Crippen LogP contribution in [0.5, 0.6) is 5.75 Å². The number of rotatable bonds is 5. The molecule has 1 aromatic carbocycles. The van der Waals surface area contributed by atoms with Crippen LogP contribution in [0.4, 0.5) is 0 Å². The number of aryl methyl sites for hydroxylation is 1. The first-order valence-electron chi connectivity index (χ1n) is 7.35. The lowest BCUT2D eigenvalue weighted by atomic mass is 9.97. The third kappa shape index (κ3) is 4.37. The number of piperidine rings is 1. The maximum absolute atomic E-state index is 5.81. The van der Waals surface area contributed by atoms with Crippen molar-refractivity contribution < 1.29 is 4.74 Å². The first-order valence-corrected chi connectivity index (χ1v) is 7.35. The maximum Gasteiger partial charge on any atom is 0.119 e. The average molecular weight is 299 g/mol. The van der Waals surface area contributed by atoms with Gasteiger partial charge in [-0.05, 0) is 61.5 Å². The SMILES string of the molecule is CCc1cc(OC)ccc1CN1CCCC(CN)C1.Cl. The molecule has 2 N–H and O–H groups in total. The highest BCUT2D eigenvalue weighted by molar-refractivity contribution is 5.85. The molecule has 0 bridgehead atoms. The van der Waals surface area contributed by atoms with Gasteiger partial charge in [-0.15, -0.1) is 12.4 Å². The van der Waals surface area contributed by atoms with Crippen LogP contribution in [0.1, 0.15) is 30.9 Å². The van der Waals surface area contributed by atoms with Crippen LogP contribution < -0.4 is 10.5 Å². The summed E-state index contributed by atoms with van der Waals surface area (Å²) >= 11 is 0. The fourth-order valence-corrected chi connectivity index (χ4v) is 2.94. The second kappa shape index (κ2) is 8.50. The first-order chi connectivity index (χ1) is 9.26. The monoisotopic (exact) mass is 298 g/mol. The first kappa shape index (κ1) is 17.3. The van der Waals surface area contributed by atoms with Crippen LogP contribution in [-0.4, -0.2) is 31.6 Å². The Kier molecular flexibility index (Phi) is 7.35. The number of ether oxygens (including phenoxy) is 1. The van der Waals surface area contributed by atoms with Crippen LogP contribution in [0.25, 0.3) is 0 Å². The molecule has 1 aromatic rings. The molecular weight excluding hydrogens is 272 g/mol. The summed E-state index contributed by atoms with van der Waals surface area (Å²) in [6.45, 7) is 6.41. The second-order valence-electron chi connectivity index (χ2n) is 5.47. The zero-order chi connectivity index (χ0) is 13.7. The summed E-state index contributed by atoms with van der Waals surface area (Å²) in [5.74, 6) is 1.64. The van der Waals surface area contributed by atoms with Gasteiger partial charge in [-0.2, -0.15) is 0 Å². The van der Waals surface area contributed by atoms with Crippen molar-refractivity contribution in [1.29, 1.82) is 0 Å². The molecule has 1 atom stereocenters. The van der Waals surface area contributed by atoms with Gasteiger partial charge in [-0.25, -0.2) is 0 Å². The highest BCUT2D eigenvalue weighted by Crippen LogP contribution is 2.22. The van der Waals surface area contributed by atoms with E-state index in [1.807, 2.05) is 0 Å². The van der Waals surface area contributed by atoms with Gasteiger partial charge in [0.2, 0.25) is 0 Å². The van der Waals surface area contributed by atoms with Crippen molar-refractivity contribution in [3.63, 3.8) is 0 Å². The minimum absolute atomic E-state index is 0. The number of hydrogen-bond acceptors (Lipinski definition) is 3. The van der Waals surface area contributed by atoms with Crippen molar-refractivity contribution >= 4 is 12.4 Å². The number of halogens is 1. The summed E-state index contributed by atoms with van der Waals surface area (Å²) in [6, 6.07) is 6.45. The predicted octanol–water partition coefficient (Wildman–Crippen LogP) is 2.85. The Morgan fingerprint density at radius 2 is 2.15 bits per heavy atom. The summed E-state index contributed by atoms with van der Waals surface area (Å²) in [7, 11) is 1.73. The number of hydrogen-bond donors (Lipinski definition) is 1. The standard InChI is InChI=1S/C16H26N2O.ClH/c1-3-14-9-16(19-2)7-6-15(14)12-18-8-4-5-13(10-17)11-18;/h6-7,9,13H,3-5,8,10-12,17H2,1-2H3;1H. The van der Waals surface area contributed by atoms with E-state index in [0.29, 0.717) is 5.92 Å². The fraction of sp³-hybridized carbons (Fsp3) is 0.625. The summed E-state index contributed by atoms with van der Waals surface area (Å²) in [4.78, 5) is 2.54. The molecule has 114 valence electrons. The highest BCUT2D eigenvalue weighted by atomic mass is 35.5. The van der Waals surface area contributed by atoms with Crippen LogP contribution in [0.15, 0.2) is 18.2 Å². The largest absolute Gasteiger partial charge is 0.497 e. The van der Waals surface area contributed by atoms with Crippen molar-refractivity contribution in [1.82, 2.24) is 4.90 Å². The lowest BCUT2D eigenvalue weighted by Crippen LogP contribution is -2.38. The lowest BCUT2D eigenvalue weighted by Gasteiger charge is -2.32. The minimum atomic E-state index is 0. The van der Waals surface area contributed by atoms with Gasteiger partial charge in [0, 0.05) is 13.1 Å². The summed E-state index contributed by atoms with van der Waals surface area (Å²) < 4.78 is 5.31. The highest BCUT2D eigenvalue weighted by Gasteiger charge is 2.19. The van der Waals surface area contributed by atoms with E-state index in [-0.39, 0.29) is 12.4 Å². The molecule has 3 nitrogen and oxygen atoms in total. The van der Waals surface area contributed by atoms with Gasteiger partial charge < -0.3 is 10.5 Å². The van der Waals surface area contributed by atoms with E-state index in [0.717, 1.165) is 31.8 Å². The number of likely N-dealkylation sites (tertiary alicyclic amines) is 1. The topological polar surface area (TPSA) is 38.5 Å². The van der Waals surface area contributed by atoms with Crippen molar-refractivity contribution in [2.24, 2.45) is 11.7 Å². The van der Waals surface area contributed by atoms with Gasteiger partial charge in [0.25, 0.3) is 0 Å². The molecule has 0 aromatic heterocycles. The maximum atomic E-state index is 5.81. The smallest absolute Gasteiger partial charge is 0.119 e. The molecule has 2 rings (SSSR count). The van der Waals surface area contributed by atoms with Crippen LogP contribution in [0, 0.1) is 5.92 Å². The van der Waals surface area contributed by atoms with Crippen LogP contribution >= 0.6 is 12.4 Å². The second-order valence-corrected chi connectivity index (χ2v) is 5.47. The zero-order valence-corrected chi connectivity index (χ0v) is 13.4. The molecule has 0 spiro atoms. The van der Waals surface area contributed by atoms with E-state index < -0.39 is 0 Å². The van der Waals surface area contributed by atoms with Crippen LogP contribution in [0.2, 0.25) is 0 Å². The molecule has 20 heavy (non-hydrogen) atoms. The Morgan fingerprint density at radius 3 is 2.80 bits per heavy atom. The van der Waals surface area contributed by atoms with E-state index in [1.54, 1.807) is 7.11 Å². The molecule has 4 heteroatoms. The zero-order valence-electron chi connectivity index (χ0n) is 12.6. The normalized spacial score (nSPS) is 19.4. The molecule has 1 heterocycles. The Hall–Kier alpha value is -0.770. The molecule has 1 aliphatic rings. The number of nitrogens with two attached hydrogens (primary N) is 1. The Bertz CT molecular complexity index is 411. The van der Waals surface area contributed by atoms with Crippen molar-refractivity contribution in [3.8, 4) is 5.75 Å². The number of nitrogens with zero attached hydrogens (tertiary/aromatic N) is 1. The van der Waals surface area contributed by atoms with E-state index in [2.05, 4.69) is 30.0 Å². The van der Waals surface area contributed by atoms with Crippen molar-refractivity contribution in [3.05, 3.63) is 29.3 Å². The molecule has 0 amide bonds. The van der Waals surface area contributed by atoms with E-state index in [1.165, 1.54) is 30.5 Å². The van der Waals surface area contributed by atoms with Gasteiger partial charge in [-0.3, -0.25) is 4.90 Å². The Labute approximate surface area is 128 Å². The van der Waals surface area contributed by atoms with Crippen LogP contribution in [0.3, 0.4) is 0 Å². The molecule has 1 unspecified atom stereocenters. The van der Waals surface area contributed by atoms with Crippen LogP contribution in [-0.2, 0) is 13.0 Å². The average Bonchev–Trinajstić information content (AvgIpc) is 2.48. The van der Waals surface area contributed by atoms with Gasteiger partial charge in [0.05, 0.1) is 7.11 Å². The van der Waals surface area contributed by atoms with Crippen molar-refractivity contribution in [2.75, 3.05) is 26.7 Å². The molecule has 0 aliphatic carbocycles. The molecule has 1 aliphatic heterocycles. The van der Waals surface area contributed by atoms with E-state index >= 15 is 0 Å². The predicted molar refractivity (Wildman–Crippen MR) is 86.7 cm³/mol.